The second kappa shape index (κ2) is 11.7. The summed E-state index contributed by atoms with van der Waals surface area (Å²) in [7, 11) is -2.67. The SMILES string of the molecule is COc1ccc(N(CC(=O)N/N=C\c2ccc(OC(C)=O)cc2)S(=O)(=O)c2ccc(C)cc2)cc1Cl. The number of carbonyl (C=O) groups is 2. The lowest BCUT2D eigenvalue weighted by Gasteiger charge is -2.24. The van der Waals surface area contributed by atoms with Gasteiger partial charge in [-0.05, 0) is 67.1 Å². The number of amides is 1. The second-order valence-electron chi connectivity index (χ2n) is 7.60. The number of methoxy groups -OCH3 is 1. The van der Waals surface area contributed by atoms with Gasteiger partial charge in [0.25, 0.3) is 15.9 Å². The molecule has 1 N–H and O–H groups in total. The Morgan fingerprint density at radius 3 is 2.31 bits per heavy atom. The zero-order valence-corrected chi connectivity index (χ0v) is 21.3. The van der Waals surface area contributed by atoms with E-state index in [-0.39, 0.29) is 15.6 Å². The number of halogens is 1. The maximum atomic E-state index is 13.4. The lowest BCUT2D eigenvalue weighted by Crippen LogP contribution is -2.39. The molecule has 11 heteroatoms. The van der Waals surface area contributed by atoms with Crippen LogP contribution in [-0.2, 0) is 19.6 Å². The third kappa shape index (κ3) is 6.83. The zero-order valence-electron chi connectivity index (χ0n) is 19.8. The predicted molar refractivity (Wildman–Crippen MR) is 137 cm³/mol. The average molecular weight is 530 g/mol. The number of carbonyl (C=O) groups excluding carboxylic acids is 2. The first kappa shape index (κ1) is 26.7. The van der Waals surface area contributed by atoms with Crippen molar-refractivity contribution in [3.05, 3.63) is 82.9 Å². The number of hydrogen-bond acceptors (Lipinski definition) is 7. The molecule has 0 aromatic heterocycles. The van der Waals surface area contributed by atoms with E-state index in [1.807, 2.05) is 6.92 Å². The van der Waals surface area contributed by atoms with E-state index in [2.05, 4.69) is 10.5 Å². The summed E-state index contributed by atoms with van der Waals surface area (Å²) in [5, 5.41) is 4.08. The number of hydrogen-bond donors (Lipinski definition) is 1. The first-order chi connectivity index (χ1) is 17.1. The summed E-state index contributed by atoms with van der Waals surface area (Å²) in [4.78, 5) is 23.7. The molecule has 0 heterocycles. The number of aryl methyl sites for hydroxylation is 1. The average Bonchev–Trinajstić information content (AvgIpc) is 2.83. The van der Waals surface area contributed by atoms with Crippen molar-refractivity contribution in [1.82, 2.24) is 5.43 Å². The Hall–Kier alpha value is -3.89. The molecule has 0 spiro atoms. The van der Waals surface area contributed by atoms with Crippen molar-refractivity contribution in [1.29, 1.82) is 0 Å². The molecule has 0 aliphatic heterocycles. The lowest BCUT2D eigenvalue weighted by atomic mass is 10.2. The van der Waals surface area contributed by atoms with Gasteiger partial charge in [0.15, 0.2) is 0 Å². The van der Waals surface area contributed by atoms with E-state index in [1.165, 1.54) is 50.6 Å². The van der Waals surface area contributed by atoms with Crippen LogP contribution in [0.1, 0.15) is 18.1 Å². The predicted octanol–water partition coefficient (Wildman–Crippen LogP) is 3.93. The van der Waals surface area contributed by atoms with Gasteiger partial charge in [0.05, 0.1) is 28.9 Å². The van der Waals surface area contributed by atoms with Crippen LogP contribution in [0.2, 0.25) is 5.02 Å². The fourth-order valence-corrected chi connectivity index (χ4v) is 4.76. The van der Waals surface area contributed by atoms with Crippen LogP contribution >= 0.6 is 11.6 Å². The van der Waals surface area contributed by atoms with Crippen molar-refractivity contribution in [3.8, 4) is 11.5 Å². The zero-order chi connectivity index (χ0) is 26.3. The number of sulfonamides is 1. The molecule has 0 aliphatic rings. The van der Waals surface area contributed by atoms with Crippen molar-refractivity contribution in [2.75, 3.05) is 18.0 Å². The molecule has 3 rings (SSSR count). The molecular formula is C25H24ClN3O6S. The van der Waals surface area contributed by atoms with Crippen LogP contribution in [0.15, 0.2) is 76.7 Å². The minimum atomic E-state index is -4.11. The highest BCUT2D eigenvalue weighted by molar-refractivity contribution is 7.92. The normalized spacial score (nSPS) is 11.2. The topological polar surface area (TPSA) is 114 Å². The number of hydrazone groups is 1. The van der Waals surface area contributed by atoms with Crippen molar-refractivity contribution < 1.29 is 27.5 Å². The number of esters is 1. The molecule has 0 radical (unpaired) electrons. The van der Waals surface area contributed by atoms with Crippen molar-refractivity contribution in [2.24, 2.45) is 5.10 Å². The molecule has 0 unspecified atom stereocenters. The van der Waals surface area contributed by atoms with Gasteiger partial charge in [-0.1, -0.05) is 29.3 Å². The van der Waals surface area contributed by atoms with Gasteiger partial charge in [-0.2, -0.15) is 5.10 Å². The third-order valence-electron chi connectivity index (χ3n) is 4.86. The van der Waals surface area contributed by atoms with Gasteiger partial charge in [0, 0.05) is 6.92 Å². The Morgan fingerprint density at radius 2 is 1.72 bits per heavy atom. The van der Waals surface area contributed by atoms with E-state index < -0.39 is 28.4 Å². The van der Waals surface area contributed by atoms with E-state index in [0.717, 1.165) is 9.87 Å². The van der Waals surface area contributed by atoms with Crippen LogP contribution in [0.25, 0.3) is 0 Å². The standard InChI is InChI=1S/C25H24ClN3O6S/c1-17-4-11-22(12-5-17)36(32,33)29(20-8-13-24(34-3)23(26)14-20)16-25(31)28-27-15-19-6-9-21(10-7-19)35-18(2)30/h4-15H,16H2,1-3H3,(H,28,31)/b27-15-. The molecule has 0 atom stereocenters. The van der Waals surface area contributed by atoms with Crippen molar-refractivity contribution in [2.45, 2.75) is 18.7 Å². The van der Waals surface area contributed by atoms with Crippen LogP contribution in [-0.4, -0.2) is 40.2 Å². The van der Waals surface area contributed by atoms with Gasteiger partial charge in [-0.15, -0.1) is 0 Å². The van der Waals surface area contributed by atoms with Crippen LogP contribution in [0, 0.1) is 6.92 Å². The summed E-state index contributed by atoms with van der Waals surface area (Å²) in [6, 6.07) is 17.1. The van der Waals surface area contributed by atoms with Crippen LogP contribution < -0.4 is 19.2 Å². The maximum Gasteiger partial charge on any atom is 0.308 e. The molecule has 0 saturated carbocycles. The minimum Gasteiger partial charge on any atom is -0.495 e. The molecule has 9 nitrogen and oxygen atoms in total. The lowest BCUT2D eigenvalue weighted by molar-refractivity contribution is -0.131. The first-order valence-corrected chi connectivity index (χ1v) is 12.5. The van der Waals surface area contributed by atoms with E-state index in [0.29, 0.717) is 17.1 Å². The van der Waals surface area contributed by atoms with Crippen molar-refractivity contribution in [3.63, 3.8) is 0 Å². The largest absolute Gasteiger partial charge is 0.495 e. The monoisotopic (exact) mass is 529 g/mol. The van der Waals surface area contributed by atoms with Gasteiger partial charge in [-0.3, -0.25) is 13.9 Å². The Bertz CT molecular complexity index is 1370. The Labute approximate surface area is 214 Å². The number of benzene rings is 3. The highest BCUT2D eigenvalue weighted by atomic mass is 35.5. The number of nitrogens with one attached hydrogen (secondary N) is 1. The van der Waals surface area contributed by atoms with Crippen LogP contribution in [0.3, 0.4) is 0 Å². The van der Waals surface area contributed by atoms with E-state index in [1.54, 1.807) is 36.4 Å². The quantitative estimate of drug-likeness (QED) is 0.194. The van der Waals surface area contributed by atoms with E-state index in [4.69, 9.17) is 21.1 Å². The van der Waals surface area contributed by atoms with Gasteiger partial charge in [0.1, 0.15) is 18.0 Å². The number of rotatable bonds is 9. The third-order valence-corrected chi connectivity index (χ3v) is 6.95. The highest BCUT2D eigenvalue weighted by Gasteiger charge is 2.27. The Kier molecular flexibility index (Phi) is 8.68. The Morgan fingerprint density at radius 1 is 1.06 bits per heavy atom. The minimum absolute atomic E-state index is 0.0178. The summed E-state index contributed by atoms with van der Waals surface area (Å²) in [5.74, 6) is -0.377. The summed E-state index contributed by atoms with van der Waals surface area (Å²) in [5.41, 5.74) is 4.02. The molecule has 1 amide bonds. The molecule has 0 fully saturated rings. The van der Waals surface area contributed by atoms with Crippen LogP contribution in [0.5, 0.6) is 11.5 Å². The molecule has 3 aromatic carbocycles. The summed E-state index contributed by atoms with van der Waals surface area (Å²) >= 11 is 6.22. The fraction of sp³-hybridized carbons (Fsp3) is 0.160. The number of anilines is 1. The van der Waals surface area contributed by atoms with Crippen molar-refractivity contribution >= 4 is 45.4 Å². The molecular weight excluding hydrogens is 506 g/mol. The van der Waals surface area contributed by atoms with Gasteiger partial charge >= 0.3 is 5.97 Å². The van der Waals surface area contributed by atoms with Gasteiger partial charge in [-0.25, -0.2) is 13.8 Å². The van der Waals surface area contributed by atoms with Crippen LogP contribution in [0.4, 0.5) is 5.69 Å². The smallest absolute Gasteiger partial charge is 0.308 e. The summed E-state index contributed by atoms with van der Waals surface area (Å²) < 4.78 is 37.9. The van der Waals surface area contributed by atoms with Gasteiger partial charge in [0.2, 0.25) is 0 Å². The molecule has 188 valence electrons. The number of ether oxygens (including phenoxy) is 2. The molecule has 0 bridgehead atoms. The second-order valence-corrected chi connectivity index (χ2v) is 9.87. The highest BCUT2D eigenvalue weighted by Crippen LogP contribution is 2.32. The molecule has 0 saturated heterocycles. The van der Waals surface area contributed by atoms with E-state index >= 15 is 0 Å². The summed E-state index contributed by atoms with van der Waals surface area (Å²) in [6.07, 6.45) is 1.37. The molecule has 36 heavy (non-hydrogen) atoms. The first-order valence-electron chi connectivity index (χ1n) is 10.6. The molecule has 0 aliphatic carbocycles. The van der Waals surface area contributed by atoms with E-state index in [9.17, 15) is 18.0 Å². The summed E-state index contributed by atoms with van der Waals surface area (Å²) in [6.45, 7) is 2.58. The Balaban J connectivity index is 1.81. The molecule has 3 aromatic rings. The number of nitrogens with zero attached hydrogens (tertiary/aromatic N) is 2. The fourth-order valence-electron chi connectivity index (χ4n) is 3.10. The maximum absolute atomic E-state index is 13.4. The van der Waals surface area contributed by atoms with Gasteiger partial charge < -0.3 is 9.47 Å².